The SMILES string of the molecule is NCCC(COc1ccccc1)N1CCC(N)C1. The van der Waals surface area contributed by atoms with Crippen LogP contribution in [-0.2, 0) is 0 Å². The molecule has 1 aromatic carbocycles. The van der Waals surface area contributed by atoms with E-state index in [1.54, 1.807) is 0 Å². The molecule has 0 saturated carbocycles. The van der Waals surface area contributed by atoms with Gasteiger partial charge in [-0.15, -0.1) is 0 Å². The van der Waals surface area contributed by atoms with Gasteiger partial charge in [0.15, 0.2) is 0 Å². The topological polar surface area (TPSA) is 64.5 Å². The van der Waals surface area contributed by atoms with Crippen molar-refractivity contribution in [3.05, 3.63) is 30.3 Å². The molecular weight excluding hydrogens is 226 g/mol. The molecule has 1 saturated heterocycles. The summed E-state index contributed by atoms with van der Waals surface area (Å²) in [6, 6.07) is 10.6. The number of hydrogen-bond donors (Lipinski definition) is 2. The second kappa shape index (κ2) is 6.73. The van der Waals surface area contributed by atoms with E-state index in [2.05, 4.69) is 4.90 Å². The fourth-order valence-electron chi connectivity index (χ4n) is 2.42. The number of hydrogen-bond acceptors (Lipinski definition) is 4. The molecule has 2 rings (SSSR count). The summed E-state index contributed by atoms with van der Waals surface area (Å²) in [6.45, 7) is 3.40. The van der Waals surface area contributed by atoms with Gasteiger partial charge in [0.2, 0.25) is 0 Å². The van der Waals surface area contributed by atoms with E-state index in [9.17, 15) is 0 Å². The van der Waals surface area contributed by atoms with E-state index >= 15 is 0 Å². The van der Waals surface area contributed by atoms with Crippen LogP contribution in [0.1, 0.15) is 12.8 Å². The lowest BCUT2D eigenvalue weighted by molar-refractivity contribution is 0.152. The summed E-state index contributed by atoms with van der Waals surface area (Å²) in [4.78, 5) is 2.40. The van der Waals surface area contributed by atoms with Crippen LogP contribution < -0.4 is 16.2 Å². The predicted octanol–water partition coefficient (Wildman–Crippen LogP) is 0.816. The fourth-order valence-corrected chi connectivity index (χ4v) is 2.42. The zero-order valence-electron chi connectivity index (χ0n) is 10.8. The van der Waals surface area contributed by atoms with E-state index < -0.39 is 0 Å². The number of benzene rings is 1. The highest BCUT2D eigenvalue weighted by Gasteiger charge is 2.26. The van der Waals surface area contributed by atoms with Crippen molar-refractivity contribution >= 4 is 0 Å². The van der Waals surface area contributed by atoms with Gasteiger partial charge in [0.25, 0.3) is 0 Å². The number of nitrogens with two attached hydrogens (primary N) is 2. The highest BCUT2D eigenvalue weighted by Crippen LogP contribution is 2.16. The smallest absolute Gasteiger partial charge is 0.119 e. The van der Waals surface area contributed by atoms with Crippen molar-refractivity contribution in [1.29, 1.82) is 0 Å². The standard InChI is InChI=1S/C14H23N3O/c15-8-6-13(17-9-7-12(16)10-17)11-18-14-4-2-1-3-5-14/h1-5,12-13H,6-11,15-16H2. The van der Waals surface area contributed by atoms with Gasteiger partial charge >= 0.3 is 0 Å². The molecule has 0 aliphatic carbocycles. The van der Waals surface area contributed by atoms with Crippen LogP contribution in [0.25, 0.3) is 0 Å². The molecule has 0 spiro atoms. The highest BCUT2D eigenvalue weighted by molar-refractivity contribution is 5.20. The van der Waals surface area contributed by atoms with Crippen LogP contribution in [0, 0.1) is 0 Å². The third-order valence-electron chi connectivity index (χ3n) is 3.46. The van der Waals surface area contributed by atoms with Crippen LogP contribution in [0.15, 0.2) is 30.3 Å². The van der Waals surface area contributed by atoms with Crippen LogP contribution >= 0.6 is 0 Å². The minimum Gasteiger partial charge on any atom is -0.492 e. The largest absolute Gasteiger partial charge is 0.492 e. The molecule has 4 nitrogen and oxygen atoms in total. The third kappa shape index (κ3) is 3.70. The van der Waals surface area contributed by atoms with Crippen molar-refractivity contribution < 1.29 is 4.74 Å². The number of para-hydroxylation sites is 1. The van der Waals surface area contributed by atoms with Crippen molar-refractivity contribution in [3.63, 3.8) is 0 Å². The third-order valence-corrected chi connectivity index (χ3v) is 3.46. The highest BCUT2D eigenvalue weighted by atomic mass is 16.5. The maximum atomic E-state index is 5.95. The van der Waals surface area contributed by atoms with Gasteiger partial charge in [0.05, 0.1) is 0 Å². The molecule has 1 aliphatic heterocycles. The van der Waals surface area contributed by atoms with E-state index in [0.717, 1.165) is 31.7 Å². The van der Waals surface area contributed by atoms with Gasteiger partial charge in [-0.3, -0.25) is 4.90 Å². The zero-order chi connectivity index (χ0) is 12.8. The second-order valence-corrected chi connectivity index (χ2v) is 4.90. The summed E-state index contributed by atoms with van der Waals surface area (Å²) in [7, 11) is 0. The Morgan fingerprint density at radius 2 is 2.11 bits per heavy atom. The molecule has 1 fully saturated rings. The van der Waals surface area contributed by atoms with Gasteiger partial charge in [-0.2, -0.15) is 0 Å². The van der Waals surface area contributed by atoms with Crippen LogP contribution in [-0.4, -0.2) is 43.2 Å². The average molecular weight is 249 g/mol. The van der Waals surface area contributed by atoms with Crippen LogP contribution in [0.3, 0.4) is 0 Å². The molecule has 4 heteroatoms. The molecule has 4 N–H and O–H groups in total. The summed E-state index contributed by atoms with van der Waals surface area (Å²) < 4.78 is 5.83. The fraction of sp³-hybridized carbons (Fsp3) is 0.571. The Balaban J connectivity index is 1.86. The van der Waals surface area contributed by atoms with E-state index in [0.29, 0.717) is 25.2 Å². The Morgan fingerprint density at radius 3 is 2.72 bits per heavy atom. The Morgan fingerprint density at radius 1 is 1.33 bits per heavy atom. The van der Waals surface area contributed by atoms with Gasteiger partial charge in [0.1, 0.15) is 12.4 Å². The molecule has 0 bridgehead atoms. The van der Waals surface area contributed by atoms with Crippen molar-refractivity contribution in [1.82, 2.24) is 4.90 Å². The normalized spacial score (nSPS) is 22.0. The molecule has 100 valence electrons. The van der Waals surface area contributed by atoms with E-state index in [1.807, 2.05) is 30.3 Å². The van der Waals surface area contributed by atoms with Crippen LogP contribution in [0.4, 0.5) is 0 Å². The first kappa shape index (κ1) is 13.3. The van der Waals surface area contributed by atoms with E-state index in [1.165, 1.54) is 0 Å². The molecule has 0 radical (unpaired) electrons. The van der Waals surface area contributed by atoms with Gasteiger partial charge in [-0.05, 0) is 31.5 Å². The molecule has 0 aromatic heterocycles. The first-order valence-corrected chi connectivity index (χ1v) is 6.67. The number of ether oxygens (including phenoxy) is 1. The maximum absolute atomic E-state index is 5.95. The van der Waals surface area contributed by atoms with Crippen LogP contribution in [0.5, 0.6) is 5.75 Å². The van der Waals surface area contributed by atoms with E-state index in [-0.39, 0.29) is 0 Å². The summed E-state index contributed by atoms with van der Waals surface area (Å²) in [5.74, 6) is 0.919. The minimum absolute atomic E-state index is 0.307. The molecule has 18 heavy (non-hydrogen) atoms. The zero-order valence-corrected chi connectivity index (χ0v) is 10.8. The first-order valence-electron chi connectivity index (χ1n) is 6.67. The van der Waals surface area contributed by atoms with Gasteiger partial charge < -0.3 is 16.2 Å². The first-order chi connectivity index (χ1) is 8.79. The Kier molecular flexibility index (Phi) is 4.99. The monoisotopic (exact) mass is 249 g/mol. The van der Waals surface area contributed by atoms with Gasteiger partial charge in [-0.25, -0.2) is 0 Å². The van der Waals surface area contributed by atoms with Crippen molar-refractivity contribution in [2.24, 2.45) is 11.5 Å². The summed E-state index contributed by atoms with van der Waals surface area (Å²) >= 11 is 0. The van der Waals surface area contributed by atoms with E-state index in [4.69, 9.17) is 16.2 Å². The van der Waals surface area contributed by atoms with Gasteiger partial charge in [0, 0.05) is 25.2 Å². The van der Waals surface area contributed by atoms with Crippen molar-refractivity contribution in [2.45, 2.75) is 24.9 Å². The predicted molar refractivity (Wildman–Crippen MR) is 73.6 cm³/mol. The second-order valence-electron chi connectivity index (χ2n) is 4.90. The number of nitrogens with zero attached hydrogens (tertiary/aromatic N) is 1. The summed E-state index contributed by atoms with van der Waals surface area (Å²) in [6.07, 6.45) is 2.03. The number of likely N-dealkylation sites (tertiary alicyclic amines) is 1. The minimum atomic E-state index is 0.307. The lowest BCUT2D eigenvalue weighted by Gasteiger charge is -2.27. The lowest BCUT2D eigenvalue weighted by atomic mass is 10.2. The summed E-state index contributed by atoms with van der Waals surface area (Å²) in [5.41, 5.74) is 11.6. The molecule has 2 unspecified atom stereocenters. The molecule has 1 heterocycles. The molecule has 1 aromatic rings. The Labute approximate surface area is 109 Å². The Bertz CT molecular complexity index is 344. The van der Waals surface area contributed by atoms with Gasteiger partial charge in [-0.1, -0.05) is 18.2 Å². The molecular formula is C14H23N3O. The average Bonchev–Trinajstić information content (AvgIpc) is 2.82. The molecule has 1 aliphatic rings. The van der Waals surface area contributed by atoms with Crippen LogP contribution in [0.2, 0.25) is 0 Å². The summed E-state index contributed by atoms with van der Waals surface area (Å²) in [5, 5.41) is 0. The van der Waals surface area contributed by atoms with Crippen molar-refractivity contribution in [3.8, 4) is 5.75 Å². The molecule has 2 atom stereocenters. The molecule has 0 amide bonds. The Hall–Kier alpha value is -1.10. The quantitative estimate of drug-likeness (QED) is 0.783. The van der Waals surface area contributed by atoms with Crippen molar-refractivity contribution in [2.75, 3.05) is 26.2 Å². The lowest BCUT2D eigenvalue weighted by Crippen LogP contribution is -2.40. The maximum Gasteiger partial charge on any atom is 0.119 e. The number of rotatable bonds is 6.